The van der Waals surface area contributed by atoms with E-state index >= 15 is 0 Å². The van der Waals surface area contributed by atoms with Crippen molar-refractivity contribution in [1.82, 2.24) is 35.3 Å². The highest BCUT2D eigenvalue weighted by molar-refractivity contribution is 5.91. The smallest absolute Gasteiger partial charge is 0.321 e. The maximum absolute atomic E-state index is 12.8. The molecule has 2 amide bonds. The van der Waals surface area contributed by atoms with Crippen LogP contribution in [0.15, 0.2) is 30.5 Å². The molecule has 0 aliphatic carbocycles. The van der Waals surface area contributed by atoms with Crippen molar-refractivity contribution >= 4 is 11.7 Å². The molecule has 2 aromatic heterocycles. The fourth-order valence-electron chi connectivity index (χ4n) is 3.40. The van der Waals surface area contributed by atoms with Crippen LogP contribution in [0.25, 0.3) is 11.4 Å². The molecule has 0 unspecified atom stereocenters. The van der Waals surface area contributed by atoms with E-state index in [-0.39, 0.29) is 6.03 Å². The van der Waals surface area contributed by atoms with Crippen molar-refractivity contribution in [3.8, 4) is 11.4 Å². The number of carbonyl (C=O) groups excluding carboxylic acids is 1. The molecule has 0 radical (unpaired) electrons. The Labute approximate surface area is 156 Å². The van der Waals surface area contributed by atoms with E-state index in [4.69, 9.17) is 0 Å². The van der Waals surface area contributed by atoms with Gasteiger partial charge in [0, 0.05) is 42.1 Å². The quantitative estimate of drug-likeness (QED) is 0.740. The second-order valence-electron chi connectivity index (χ2n) is 6.86. The number of carbonyl (C=O) groups is 1. The lowest BCUT2D eigenvalue weighted by Gasteiger charge is -2.32. The lowest BCUT2D eigenvalue weighted by Crippen LogP contribution is -2.41. The van der Waals surface area contributed by atoms with Crippen LogP contribution < -0.4 is 5.32 Å². The third kappa shape index (κ3) is 3.67. The van der Waals surface area contributed by atoms with Gasteiger partial charge in [0.15, 0.2) is 0 Å². The van der Waals surface area contributed by atoms with Crippen LogP contribution in [-0.2, 0) is 7.05 Å². The van der Waals surface area contributed by atoms with Crippen molar-refractivity contribution in [2.45, 2.75) is 25.7 Å². The zero-order valence-electron chi connectivity index (χ0n) is 15.4. The SMILES string of the molecule is Cc1ccc(-c2nnn(C)n2)cc1NC(=O)N1CCC[C@@H](c2ccn[nH]2)C1. The molecular weight excluding hydrogens is 344 g/mol. The molecule has 4 rings (SSSR count). The van der Waals surface area contributed by atoms with Crippen LogP contribution in [0.5, 0.6) is 0 Å². The predicted octanol–water partition coefficient (Wildman–Crippen LogP) is 2.32. The van der Waals surface area contributed by atoms with Crippen molar-refractivity contribution in [1.29, 1.82) is 0 Å². The van der Waals surface area contributed by atoms with Gasteiger partial charge in [-0.2, -0.15) is 9.90 Å². The number of urea groups is 1. The van der Waals surface area contributed by atoms with E-state index in [1.165, 1.54) is 4.80 Å². The Morgan fingerprint density at radius 1 is 1.33 bits per heavy atom. The highest BCUT2D eigenvalue weighted by atomic mass is 16.2. The van der Waals surface area contributed by atoms with Crippen LogP contribution in [0.4, 0.5) is 10.5 Å². The average Bonchev–Trinajstić information content (AvgIpc) is 3.35. The number of aromatic nitrogens is 6. The Morgan fingerprint density at radius 2 is 2.22 bits per heavy atom. The normalized spacial score (nSPS) is 17.1. The minimum Gasteiger partial charge on any atom is -0.324 e. The summed E-state index contributed by atoms with van der Waals surface area (Å²) in [6.07, 6.45) is 3.78. The number of nitrogens with zero attached hydrogens (tertiary/aromatic N) is 6. The van der Waals surface area contributed by atoms with Crippen LogP contribution in [0.1, 0.15) is 30.0 Å². The van der Waals surface area contributed by atoms with Gasteiger partial charge in [-0.25, -0.2) is 4.79 Å². The number of piperidine rings is 1. The summed E-state index contributed by atoms with van der Waals surface area (Å²) in [4.78, 5) is 16.1. The summed E-state index contributed by atoms with van der Waals surface area (Å²) in [5.41, 5.74) is 3.64. The number of hydrogen-bond acceptors (Lipinski definition) is 5. The van der Waals surface area contributed by atoms with Crippen molar-refractivity contribution in [2.24, 2.45) is 7.05 Å². The molecule has 1 aromatic carbocycles. The first kappa shape index (κ1) is 17.2. The number of benzene rings is 1. The number of H-pyrrole nitrogens is 1. The zero-order chi connectivity index (χ0) is 18.8. The number of hydrogen-bond donors (Lipinski definition) is 2. The van der Waals surface area contributed by atoms with E-state index in [0.717, 1.165) is 41.9 Å². The lowest BCUT2D eigenvalue weighted by molar-refractivity contribution is 0.192. The second-order valence-corrected chi connectivity index (χ2v) is 6.86. The van der Waals surface area contributed by atoms with E-state index < -0.39 is 0 Å². The predicted molar refractivity (Wildman–Crippen MR) is 100 cm³/mol. The highest BCUT2D eigenvalue weighted by Crippen LogP contribution is 2.27. The molecule has 0 spiro atoms. The summed E-state index contributed by atoms with van der Waals surface area (Å²) in [6.45, 7) is 3.40. The van der Waals surface area contributed by atoms with Gasteiger partial charge in [0.25, 0.3) is 0 Å². The second kappa shape index (κ2) is 7.18. The van der Waals surface area contributed by atoms with Gasteiger partial charge in [-0.3, -0.25) is 5.10 Å². The number of tetrazole rings is 1. The fraction of sp³-hybridized carbons (Fsp3) is 0.389. The number of nitrogens with one attached hydrogen (secondary N) is 2. The van der Waals surface area contributed by atoms with Gasteiger partial charge in [-0.05, 0) is 42.7 Å². The Balaban J connectivity index is 1.49. The van der Waals surface area contributed by atoms with Crippen molar-refractivity contribution < 1.29 is 4.79 Å². The van der Waals surface area contributed by atoms with Gasteiger partial charge in [0.2, 0.25) is 5.82 Å². The van der Waals surface area contributed by atoms with Gasteiger partial charge < -0.3 is 10.2 Å². The Kier molecular flexibility index (Phi) is 4.57. The standard InChI is InChI=1S/C18H22N8O/c1-12-5-6-13(17-22-24-25(2)23-17)10-16(12)20-18(27)26-9-3-4-14(11-26)15-7-8-19-21-15/h5-8,10,14H,3-4,9,11H2,1-2H3,(H,19,21)(H,20,27)/t14-/m1/s1. The summed E-state index contributed by atoms with van der Waals surface area (Å²) < 4.78 is 0. The Morgan fingerprint density at radius 3 is 2.96 bits per heavy atom. The topological polar surface area (TPSA) is 105 Å². The van der Waals surface area contributed by atoms with Crippen LogP contribution >= 0.6 is 0 Å². The van der Waals surface area contributed by atoms with E-state index in [1.807, 2.05) is 36.1 Å². The number of likely N-dealkylation sites (tertiary alicyclic amines) is 1. The molecule has 1 aliphatic heterocycles. The van der Waals surface area contributed by atoms with E-state index in [2.05, 4.69) is 30.9 Å². The lowest BCUT2D eigenvalue weighted by atomic mass is 9.95. The minimum atomic E-state index is -0.0911. The third-order valence-electron chi connectivity index (χ3n) is 4.92. The van der Waals surface area contributed by atoms with Crippen molar-refractivity contribution in [2.75, 3.05) is 18.4 Å². The van der Waals surface area contributed by atoms with Crippen molar-refractivity contribution in [3.05, 3.63) is 41.7 Å². The monoisotopic (exact) mass is 366 g/mol. The molecule has 1 atom stereocenters. The molecular formula is C18H22N8O. The van der Waals surface area contributed by atoms with Gasteiger partial charge in [0.05, 0.1) is 7.05 Å². The molecule has 140 valence electrons. The van der Waals surface area contributed by atoms with Crippen LogP contribution in [0.3, 0.4) is 0 Å². The molecule has 0 bridgehead atoms. The maximum atomic E-state index is 12.8. The number of anilines is 1. The molecule has 9 nitrogen and oxygen atoms in total. The molecule has 27 heavy (non-hydrogen) atoms. The van der Waals surface area contributed by atoms with E-state index in [0.29, 0.717) is 18.3 Å². The molecule has 0 saturated carbocycles. The Hall–Kier alpha value is -3.23. The first-order valence-electron chi connectivity index (χ1n) is 9.00. The molecule has 1 saturated heterocycles. The summed E-state index contributed by atoms with van der Waals surface area (Å²) >= 11 is 0. The van der Waals surface area contributed by atoms with Crippen LogP contribution in [0, 0.1) is 6.92 Å². The largest absolute Gasteiger partial charge is 0.324 e. The van der Waals surface area contributed by atoms with E-state index in [9.17, 15) is 4.79 Å². The summed E-state index contributed by atoms with van der Waals surface area (Å²) in [7, 11) is 1.72. The Bertz CT molecular complexity index is 933. The third-order valence-corrected chi connectivity index (χ3v) is 4.92. The van der Waals surface area contributed by atoms with E-state index in [1.54, 1.807) is 13.2 Å². The van der Waals surface area contributed by atoms with Crippen LogP contribution in [-0.4, -0.2) is 54.4 Å². The molecule has 9 heteroatoms. The number of rotatable bonds is 3. The van der Waals surface area contributed by atoms with Crippen LogP contribution in [0.2, 0.25) is 0 Å². The summed E-state index contributed by atoms with van der Waals surface area (Å²) in [5, 5.41) is 22.2. The number of amides is 2. The zero-order valence-corrected chi connectivity index (χ0v) is 15.4. The molecule has 1 aliphatic rings. The number of aryl methyl sites for hydroxylation is 2. The summed E-state index contributed by atoms with van der Waals surface area (Å²) in [5.74, 6) is 0.827. The molecule has 1 fully saturated rings. The van der Waals surface area contributed by atoms with Gasteiger partial charge in [-0.15, -0.1) is 10.2 Å². The summed E-state index contributed by atoms with van der Waals surface area (Å²) in [6, 6.07) is 7.66. The molecule has 3 heterocycles. The van der Waals surface area contributed by atoms with Crippen molar-refractivity contribution in [3.63, 3.8) is 0 Å². The molecule has 3 aromatic rings. The molecule has 2 N–H and O–H groups in total. The maximum Gasteiger partial charge on any atom is 0.321 e. The minimum absolute atomic E-state index is 0.0911. The fourth-order valence-corrected chi connectivity index (χ4v) is 3.40. The first-order valence-corrected chi connectivity index (χ1v) is 9.00. The first-order chi connectivity index (χ1) is 13.1. The van der Waals surface area contributed by atoms with Gasteiger partial charge in [-0.1, -0.05) is 12.1 Å². The van der Waals surface area contributed by atoms with Gasteiger partial charge >= 0.3 is 6.03 Å². The number of aromatic amines is 1. The van der Waals surface area contributed by atoms with Gasteiger partial charge in [0.1, 0.15) is 0 Å². The average molecular weight is 366 g/mol. The highest BCUT2D eigenvalue weighted by Gasteiger charge is 2.26.